The van der Waals surface area contributed by atoms with E-state index >= 15 is 0 Å². The van der Waals surface area contributed by atoms with Gasteiger partial charge in [0.15, 0.2) is 5.76 Å². The van der Waals surface area contributed by atoms with Gasteiger partial charge in [-0.05, 0) is 42.5 Å². The Morgan fingerprint density at radius 1 is 1.04 bits per heavy atom. The Balaban J connectivity index is 1.81. The molecule has 0 saturated carbocycles. The molecule has 2 aromatic carbocycles. The Kier molecular flexibility index (Phi) is 4.74. The molecular weight excluding hydrogens is 367 g/mol. The minimum Gasteiger partial charge on any atom is -0.451 e. The van der Waals surface area contributed by atoms with Crippen LogP contribution in [-0.2, 0) is 0 Å². The van der Waals surface area contributed by atoms with Crippen LogP contribution in [-0.4, -0.2) is 10.8 Å². The molecule has 0 aliphatic heterocycles. The van der Waals surface area contributed by atoms with Gasteiger partial charge in [-0.2, -0.15) is 0 Å². The molecule has 0 atom stereocenters. The standard InChI is InChI=1S/C17H10Cl2N2O4/c18-10-1-3-11(4-2-10)20-17(22)16-8-7-15(25-16)13-6-5-12(21(23)24)9-14(13)19/h1-9H,(H,20,22). The predicted molar refractivity (Wildman–Crippen MR) is 95.2 cm³/mol. The summed E-state index contributed by atoms with van der Waals surface area (Å²) in [4.78, 5) is 22.4. The smallest absolute Gasteiger partial charge is 0.291 e. The van der Waals surface area contributed by atoms with E-state index in [1.165, 1.54) is 24.3 Å². The molecule has 0 bridgehead atoms. The maximum Gasteiger partial charge on any atom is 0.291 e. The molecule has 1 amide bonds. The number of nitrogens with zero attached hydrogens (tertiary/aromatic N) is 1. The molecule has 0 saturated heterocycles. The molecule has 6 nitrogen and oxygen atoms in total. The van der Waals surface area contributed by atoms with Crippen LogP contribution in [0.4, 0.5) is 11.4 Å². The molecule has 1 N–H and O–H groups in total. The molecular formula is C17H10Cl2N2O4. The highest BCUT2D eigenvalue weighted by Gasteiger charge is 2.16. The summed E-state index contributed by atoms with van der Waals surface area (Å²) in [5, 5.41) is 14.1. The SMILES string of the molecule is O=C(Nc1ccc(Cl)cc1)c1ccc(-c2ccc([N+](=O)[O-])cc2Cl)o1. The van der Waals surface area contributed by atoms with Crippen molar-refractivity contribution in [3.63, 3.8) is 0 Å². The van der Waals surface area contributed by atoms with Gasteiger partial charge >= 0.3 is 0 Å². The van der Waals surface area contributed by atoms with Crippen LogP contribution in [0.2, 0.25) is 10.0 Å². The van der Waals surface area contributed by atoms with Crippen molar-refractivity contribution in [3.8, 4) is 11.3 Å². The van der Waals surface area contributed by atoms with E-state index in [0.29, 0.717) is 22.0 Å². The fraction of sp³-hybridized carbons (Fsp3) is 0. The first-order valence-corrected chi connectivity index (χ1v) is 7.81. The van der Waals surface area contributed by atoms with Crippen LogP contribution in [0, 0.1) is 10.1 Å². The van der Waals surface area contributed by atoms with E-state index in [1.54, 1.807) is 30.3 Å². The van der Waals surface area contributed by atoms with Crippen molar-refractivity contribution in [3.05, 3.63) is 80.5 Å². The molecule has 126 valence electrons. The van der Waals surface area contributed by atoms with E-state index in [2.05, 4.69) is 5.32 Å². The topological polar surface area (TPSA) is 85.4 Å². The number of benzene rings is 2. The van der Waals surface area contributed by atoms with Crippen LogP contribution in [0.25, 0.3) is 11.3 Å². The van der Waals surface area contributed by atoms with Gasteiger partial charge in [-0.3, -0.25) is 14.9 Å². The molecule has 0 aliphatic rings. The summed E-state index contributed by atoms with van der Waals surface area (Å²) in [6, 6.07) is 13.7. The summed E-state index contributed by atoms with van der Waals surface area (Å²) in [6.45, 7) is 0. The number of nitro benzene ring substituents is 1. The third-order valence-corrected chi connectivity index (χ3v) is 3.93. The third-order valence-electron chi connectivity index (χ3n) is 3.36. The Labute approximate surface area is 152 Å². The molecule has 0 spiro atoms. The zero-order valence-corrected chi connectivity index (χ0v) is 14.0. The minimum absolute atomic E-state index is 0.0827. The second kappa shape index (κ2) is 6.96. The molecule has 8 heteroatoms. The van der Waals surface area contributed by atoms with Crippen molar-refractivity contribution < 1.29 is 14.1 Å². The third kappa shape index (κ3) is 3.81. The highest BCUT2D eigenvalue weighted by Crippen LogP contribution is 2.32. The maximum atomic E-state index is 12.2. The lowest BCUT2D eigenvalue weighted by Crippen LogP contribution is -2.10. The number of carbonyl (C=O) groups is 1. The van der Waals surface area contributed by atoms with Crippen molar-refractivity contribution in [2.45, 2.75) is 0 Å². The summed E-state index contributed by atoms with van der Waals surface area (Å²) in [5.74, 6) is -0.0212. The maximum absolute atomic E-state index is 12.2. The molecule has 0 fully saturated rings. The zero-order chi connectivity index (χ0) is 18.0. The van der Waals surface area contributed by atoms with E-state index in [4.69, 9.17) is 27.6 Å². The van der Waals surface area contributed by atoms with Gasteiger partial charge in [0.1, 0.15) is 5.76 Å². The Morgan fingerprint density at radius 3 is 2.40 bits per heavy atom. The molecule has 0 radical (unpaired) electrons. The highest BCUT2D eigenvalue weighted by atomic mass is 35.5. The molecule has 1 aromatic heterocycles. The van der Waals surface area contributed by atoms with Crippen LogP contribution in [0.15, 0.2) is 59.0 Å². The van der Waals surface area contributed by atoms with Gasteiger partial charge in [-0.25, -0.2) is 0 Å². The molecule has 3 aromatic rings. The minimum atomic E-state index is -0.539. The number of non-ortho nitro benzene ring substituents is 1. The van der Waals surface area contributed by atoms with Gasteiger partial charge in [0, 0.05) is 28.4 Å². The van der Waals surface area contributed by atoms with Gasteiger partial charge in [0.2, 0.25) is 0 Å². The van der Waals surface area contributed by atoms with Crippen molar-refractivity contribution >= 4 is 40.5 Å². The Morgan fingerprint density at radius 2 is 1.76 bits per heavy atom. The Bertz CT molecular complexity index is 952. The largest absolute Gasteiger partial charge is 0.451 e. The number of halogens is 2. The van der Waals surface area contributed by atoms with Gasteiger partial charge in [0.25, 0.3) is 11.6 Å². The molecule has 0 unspecified atom stereocenters. The van der Waals surface area contributed by atoms with Gasteiger partial charge in [-0.1, -0.05) is 23.2 Å². The summed E-state index contributed by atoms with van der Waals surface area (Å²) in [6.07, 6.45) is 0. The number of anilines is 1. The number of furan rings is 1. The van der Waals surface area contributed by atoms with Crippen molar-refractivity contribution in [2.24, 2.45) is 0 Å². The van der Waals surface area contributed by atoms with Crippen LogP contribution >= 0.6 is 23.2 Å². The number of amides is 1. The van der Waals surface area contributed by atoms with Gasteiger partial charge in [-0.15, -0.1) is 0 Å². The number of rotatable bonds is 4. The monoisotopic (exact) mass is 376 g/mol. The summed E-state index contributed by atoms with van der Waals surface area (Å²) < 4.78 is 5.52. The number of hydrogen-bond donors (Lipinski definition) is 1. The van der Waals surface area contributed by atoms with E-state index in [9.17, 15) is 14.9 Å². The number of hydrogen-bond acceptors (Lipinski definition) is 4. The summed E-state index contributed by atoms with van der Waals surface area (Å²) in [5.41, 5.74) is 0.902. The van der Waals surface area contributed by atoms with Gasteiger partial charge in [0.05, 0.1) is 9.95 Å². The average molecular weight is 377 g/mol. The highest BCUT2D eigenvalue weighted by molar-refractivity contribution is 6.33. The lowest BCUT2D eigenvalue weighted by molar-refractivity contribution is -0.384. The van der Waals surface area contributed by atoms with Crippen LogP contribution in [0.5, 0.6) is 0 Å². The van der Waals surface area contributed by atoms with Crippen molar-refractivity contribution in [2.75, 3.05) is 5.32 Å². The first-order chi connectivity index (χ1) is 11.9. The quantitative estimate of drug-likeness (QED) is 0.486. The van der Waals surface area contributed by atoms with E-state index < -0.39 is 10.8 Å². The first-order valence-electron chi connectivity index (χ1n) is 7.05. The Hall–Kier alpha value is -2.83. The van der Waals surface area contributed by atoms with Crippen LogP contribution < -0.4 is 5.32 Å². The van der Waals surface area contributed by atoms with E-state index in [1.807, 2.05) is 0 Å². The normalized spacial score (nSPS) is 10.5. The molecule has 3 rings (SSSR count). The van der Waals surface area contributed by atoms with Crippen LogP contribution in [0.3, 0.4) is 0 Å². The predicted octanol–water partition coefficient (Wildman–Crippen LogP) is 5.41. The average Bonchev–Trinajstić information content (AvgIpc) is 3.06. The fourth-order valence-corrected chi connectivity index (χ4v) is 2.54. The van der Waals surface area contributed by atoms with Crippen molar-refractivity contribution in [1.82, 2.24) is 0 Å². The lowest BCUT2D eigenvalue weighted by Gasteiger charge is -2.03. The first kappa shape index (κ1) is 17.0. The fourth-order valence-electron chi connectivity index (χ4n) is 2.15. The number of carbonyl (C=O) groups excluding carboxylic acids is 1. The van der Waals surface area contributed by atoms with E-state index in [0.717, 1.165) is 0 Å². The zero-order valence-electron chi connectivity index (χ0n) is 12.5. The van der Waals surface area contributed by atoms with Gasteiger partial charge < -0.3 is 9.73 Å². The summed E-state index contributed by atoms with van der Waals surface area (Å²) >= 11 is 11.9. The van der Waals surface area contributed by atoms with E-state index in [-0.39, 0.29) is 16.5 Å². The molecule has 25 heavy (non-hydrogen) atoms. The van der Waals surface area contributed by atoms with Crippen molar-refractivity contribution in [1.29, 1.82) is 0 Å². The second-order valence-corrected chi connectivity index (χ2v) is 5.89. The number of nitrogens with one attached hydrogen (secondary N) is 1. The molecule has 1 heterocycles. The number of nitro groups is 1. The summed E-state index contributed by atoms with van der Waals surface area (Å²) in [7, 11) is 0. The second-order valence-electron chi connectivity index (χ2n) is 5.05. The lowest BCUT2D eigenvalue weighted by atomic mass is 10.1. The molecule has 0 aliphatic carbocycles. The van der Waals surface area contributed by atoms with Crippen LogP contribution in [0.1, 0.15) is 10.6 Å².